The van der Waals surface area contributed by atoms with Gasteiger partial charge in [-0.2, -0.15) is 5.26 Å². The van der Waals surface area contributed by atoms with Gasteiger partial charge in [0, 0.05) is 30.8 Å². The highest BCUT2D eigenvalue weighted by Crippen LogP contribution is 2.51. The van der Waals surface area contributed by atoms with Crippen LogP contribution in [0.3, 0.4) is 0 Å². The molecular formula is C42H50N5O7P. The Morgan fingerprint density at radius 2 is 1.47 bits per heavy atom. The fourth-order valence-electron chi connectivity index (χ4n) is 7.11. The number of fused-ring (bicyclic) bond motifs is 1. The normalized spacial score (nSPS) is 17.9. The summed E-state index contributed by atoms with van der Waals surface area (Å²) in [5.74, 6) is 2.09. The number of pyridine rings is 1. The van der Waals surface area contributed by atoms with Crippen molar-refractivity contribution in [3.63, 3.8) is 0 Å². The SMILES string of the molecule is COc1ccc(C(OC[C@H]2O[C@@H](n3cnc4c(OC)ccnc43)C[C@@H]2OP(OCCC#N)N(C(C)C)C(C)C)(c2ccccc2)c2ccc(OC)cc2)cc1. The van der Waals surface area contributed by atoms with E-state index in [0.717, 1.165) is 28.2 Å². The molecule has 3 aromatic carbocycles. The van der Waals surface area contributed by atoms with Gasteiger partial charge in [0.2, 0.25) is 0 Å². The third kappa shape index (κ3) is 8.63. The van der Waals surface area contributed by atoms with Gasteiger partial charge in [0.25, 0.3) is 8.53 Å². The second-order valence-electron chi connectivity index (χ2n) is 13.7. The van der Waals surface area contributed by atoms with Crippen LogP contribution in [0.4, 0.5) is 0 Å². The van der Waals surface area contributed by atoms with Crippen LogP contribution >= 0.6 is 8.53 Å². The maximum Gasteiger partial charge on any atom is 0.259 e. The van der Waals surface area contributed by atoms with E-state index in [4.69, 9.17) is 32.7 Å². The lowest BCUT2D eigenvalue weighted by Gasteiger charge is -2.39. The molecule has 0 amide bonds. The van der Waals surface area contributed by atoms with Crippen LogP contribution in [0.2, 0.25) is 0 Å². The molecule has 1 aliphatic heterocycles. The summed E-state index contributed by atoms with van der Waals surface area (Å²) in [5, 5.41) is 9.36. The molecule has 290 valence electrons. The molecule has 1 aliphatic rings. The first-order valence-electron chi connectivity index (χ1n) is 18.5. The van der Waals surface area contributed by atoms with E-state index in [9.17, 15) is 5.26 Å². The minimum Gasteiger partial charge on any atom is -0.497 e. The van der Waals surface area contributed by atoms with Crippen LogP contribution in [0.5, 0.6) is 17.2 Å². The van der Waals surface area contributed by atoms with E-state index >= 15 is 0 Å². The van der Waals surface area contributed by atoms with Crippen molar-refractivity contribution in [2.75, 3.05) is 34.5 Å². The van der Waals surface area contributed by atoms with Crippen molar-refractivity contribution in [3.8, 4) is 23.3 Å². The smallest absolute Gasteiger partial charge is 0.259 e. The molecule has 0 aliphatic carbocycles. The summed E-state index contributed by atoms with van der Waals surface area (Å²) < 4.78 is 48.5. The fourth-order valence-corrected chi connectivity index (χ4v) is 8.87. The first-order valence-corrected chi connectivity index (χ1v) is 19.6. The molecule has 13 heteroatoms. The molecule has 0 radical (unpaired) electrons. The number of methoxy groups -OCH3 is 3. The zero-order valence-corrected chi connectivity index (χ0v) is 33.4. The van der Waals surface area contributed by atoms with Gasteiger partial charge in [-0.25, -0.2) is 14.6 Å². The topological polar surface area (TPSA) is 122 Å². The molecule has 5 aromatic rings. The number of benzene rings is 3. The Morgan fingerprint density at radius 3 is 2.04 bits per heavy atom. The third-order valence-corrected chi connectivity index (χ3v) is 11.8. The van der Waals surface area contributed by atoms with Crippen LogP contribution in [0.15, 0.2) is 97.5 Å². The van der Waals surface area contributed by atoms with Crippen LogP contribution < -0.4 is 14.2 Å². The van der Waals surface area contributed by atoms with Crippen molar-refractivity contribution in [1.82, 2.24) is 19.2 Å². The summed E-state index contributed by atoms with van der Waals surface area (Å²) in [7, 11) is 3.33. The minimum absolute atomic E-state index is 0.117. The lowest BCUT2D eigenvalue weighted by atomic mass is 9.80. The maximum absolute atomic E-state index is 9.36. The molecule has 1 saturated heterocycles. The second-order valence-corrected chi connectivity index (χ2v) is 15.1. The molecule has 0 spiro atoms. The zero-order chi connectivity index (χ0) is 39.0. The highest BCUT2D eigenvalue weighted by molar-refractivity contribution is 7.44. The Bertz CT molecular complexity index is 1950. The van der Waals surface area contributed by atoms with Gasteiger partial charge in [0.05, 0.1) is 59.5 Å². The molecule has 0 N–H and O–H groups in total. The lowest BCUT2D eigenvalue weighted by Crippen LogP contribution is -2.39. The van der Waals surface area contributed by atoms with Crippen molar-refractivity contribution in [1.29, 1.82) is 5.26 Å². The van der Waals surface area contributed by atoms with E-state index in [1.165, 1.54) is 0 Å². The van der Waals surface area contributed by atoms with E-state index in [1.807, 2.05) is 71.3 Å². The van der Waals surface area contributed by atoms with Crippen LogP contribution in [0.25, 0.3) is 11.2 Å². The maximum atomic E-state index is 9.36. The van der Waals surface area contributed by atoms with Crippen molar-refractivity contribution in [2.45, 2.75) is 76.7 Å². The average molecular weight is 768 g/mol. The van der Waals surface area contributed by atoms with Crippen LogP contribution in [-0.4, -0.2) is 78.0 Å². The molecule has 1 fully saturated rings. The number of imidazole rings is 1. The highest BCUT2D eigenvalue weighted by Gasteiger charge is 2.45. The summed E-state index contributed by atoms with van der Waals surface area (Å²) in [6.07, 6.45) is 2.63. The summed E-state index contributed by atoms with van der Waals surface area (Å²) >= 11 is 0. The number of hydrogen-bond acceptors (Lipinski definition) is 11. The molecule has 55 heavy (non-hydrogen) atoms. The molecule has 4 atom stereocenters. The van der Waals surface area contributed by atoms with Crippen molar-refractivity contribution < 1.29 is 32.7 Å². The molecule has 2 aromatic heterocycles. The van der Waals surface area contributed by atoms with Gasteiger partial charge in [0.15, 0.2) is 5.65 Å². The molecule has 0 saturated carbocycles. The minimum atomic E-state index is -1.59. The van der Waals surface area contributed by atoms with Gasteiger partial charge in [0.1, 0.15) is 40.7 Å². The van der Waals surface area contributed by atoms with E-state index in [-0.39, 0.29) is 31.7 Å². The Balaban J connectivity index is 1.43. The summed E-state index contributed by atoms with van der Waals surface area (Å²) in [5.41, 5.74) is 2.95. The van der Waals surface area contributed by atoms with Crippen molar-refractivity contribution >= 4 is 19.7 Å². The Kier molecular flexibility index (Phi) is 13.4. The average Bonchev–Trinajstić information content (AvgIpc) is 3.82. The monoisotopic (exact) mass is 767 g/mol. The number of nitrogens with zero attached hydrogens (tertiary/aromatic N) is 5. The van der Waals surface area contributed by atoms with Gasteiger partial charge < -0.3 is 32.7 Å². The van der Waals surface area contributed by atoms with Crippen molar-refractivity contribution in [3.05, 3.63) is 114 Å². The predicted molar refractivity (Wildman–Crippen MR) is 211 cm³/mol. The number of nitriles is 1. The van der Waals surface area contributed by atoms with Crippen LogP contribution in [0, 0.1) is 11.3 Å². The summed E-state index contributed by atoms with van der Waals surface area (Å²) in [6, 6.07) is 30.3. The highest BCUT2D eigenvalue weighted by atomic mass is 31.2. The number of hydrogen-bond donors (Lipinski definition) is 0. The standard InChI is InChI=1S/C42H50N5O7P/c1-29(2)47(30(3)4)55(52-25-11-23-43)54-37-26-39(46-28-45-40-36(50-7)22-24-44-41(40)46)53-38(37)27-51-42(31-12-9-8-10-13-31,32-14-18-34(48-5)19-15-32)33-16-20-35(49-6)21-17-33/h8-10,12-22,24,28-30,37-39H,11,25-27H2,1-7H3/t37-,38+,39+,55?/m0/s1. The third-order valence-electron chi connectivity index (χ3n) is 9.66. The Labute approximate surface area is 324 Å². The number of rotatable bonds is 18. The fraction of sp³-hybridized carbons (Fsp3) is 0.405. The number of aromatic nitrogens is 3. The molecule has 6 rings (SSSR count). The predicted octanol–water partition coefficient (Wildman–Crippen LogP) is 8.41. The van der Waals surface area contributed by atoms with Gasteiger partial charge >= 0.3 is 0 Å². The molecule has 0 bridgehead atoms. The first-order chi connectivity index (χ1) is 26.7. The van der Waals surface area contributed by atoms with E-state index in [0.29, 0.717) is 23.3 Å². The van der Waals surface area contributed by atoms with E-state index in [2.05, 4.69) is 60.5 Å². The van der Waals surface area contributed by atoms with Gasteiger partial charge in [-0.15, -0.1) is 0 Å². The lowest BCUT2D eigenvalue weighted by molar-refractivity contribution is -0.0912. The molecular weight excluding hydrogens is 717 g/mol. The van der Waals surface area contributed by atoms with Crippen LogP contribution in [0.1, 0.15) is 63.5 Å². The Morgan fingerprint density at radius 1 is 0.855 bits per heavy atom. The molecule has 3 heterocycles. The molecule has 12 nitrogen and oxygen atoms in total. The number of ether oxygens (including phenoxy) is 5. The zero-order valence-electron chi connectivity index (χ0n) is 32.5. The molecule has 1 unspecified atom stereocenters. The van der Waals surface area contributed by atoms with Gasteiger partial charge in [-0.05, 0) is 68.7 Å². The van der Waals surface area contributed by atoms with Crippen molar-refractivity contribution in [2.24, 2.45) is 0 Å². The summed E-state index contributed by atoms with van der Waals surface area (Å²) in [4.78, 5) is 9.30. The quantitative estimate of drug-likeness (QED) is 0.0485. The summed E-state index contributed by atoms with van der Waals surface area (Å²) in [6.45, 7) is 8.87. The van der Waals surface area contributed by atoms with Gasteiger partial charge in [-0.3, -0.25) is 4.57 Å². The van der Waals surface area contributed by atoms with E-state index < -0.39 is 32.6 Å². The van der Waals surface area contributed by atoms with E-state index in [1.54, 1.807) is 39.9 Å². The Hall–Kier alpha value is -4.60. The largest absolute Gasteiger partial charge is 0.497 e. The van der Waals surface area contributed by atoms with Crippen LogP contribution in [-0.2, 0) is 24.1 Å². The van der Waals surface area contributed by atoms with Gasteiger partial charge in [-0.1, -0.05) is 54.6 Å². The first kappa shape index (κ1) is 40.1. The second kappa shape index (κ2) is 18.4.